The molecule has 0 saturated carbocycles. The van der Waals surface area contributed by atoms with Gasteiger partial charge < -0.3 is 15.2 Å². The molecule has 88 valence electrons. The van der Waals surface area contributed by atoms with Crippen LogP contribution < -0.4 is 10.5 Å². The lowest BCUT2D eigenvalue weighted by Crippen LogP contribution is -2.22. The SMILES string of the molecule is NCc1ccnc(OCC2CCOCC2)n1. The molecule has 0 bridgehead atoms. The molecule has 0 radical (unpaired) electrons. The lowest BCUT2D eigenvalue weighted by atomic mass is 10.0. The second-order valence-electron chi connectivity index (χ2n) is 3.90. The lowest BCUT2D eigenvalue weighted by molar-refractivity contribution is 0.0482. The molecule has 2 N–H and O–H groups in total. The molecule has 2 heterocycles. The average Bonchev–Trinajstić information content (AvgIpc) is 2.38. The monoisotopic (exact) mass is 223 g/mol. The fraction of sp³-hybridized carbons (Fsp3) is 0.636. The van der Waals surface area contributed by atoms with E-state index >= 15 is 0 Å². The molecule has 1 saturated heterocycles. The Kier molecular flexibility index (Phi) is 4.07. The summed E-state index contributed by atoms with van der Waals surface area (Å²) in [6, 6.07) is 2.22. The van der Waals surface area contributed by atoms with Gasteiger partial charge in [-0.15, -0.1) is 0 Å². The molecule has 16 heavy (non-hydrogen) atoms. The maximum atomic E-state index is 5.55. The van der Waals surface area contributed by atoms with Crippen molar-refractivity contribution in [1.82, 2.24) is 9.97 Å². The summed E-state index contributed by atoms with van der Waals surface area (Å²) in [6.45, 7) is 2.74. The number of nitrogens with zero attached hydrogens (tertiary/aromatic N) is 2. The van der Waals surface area contributed by atoms with E-state index in [9.17, 15) is 0 Å². The first-order valence-electron chi connectivity index (χ1n) is 5.61. The molecule has 0 amide bonds. The van der Waals surface area contributed by atoms with Crippen LogP contribution in [0.4, 0.5) is 0 Å². The van der Waals surface area contributed by atoms with Gasteiger partial charge in [0.1, 0.15) is 0 Å². The van der Waals surface area contributed by atoms with Crippen LogP contribution in [0.1, 0.15) is 18.5 Å². The first-order valence-corrected chi connectivity index (χ1v) is 5.61. The summed E-state index contributed by atoms with van der Waals surface area (Å²) < 4.78 is 10.8. The Balaban J connectivity index is 1.83. The second kappa shape index (κ2) is 5.77. The van der Waals surface area contributed by atoms with Crippen molar-refractivity contribution in [3.8, 4) is 6.01 Å². The molecule has 1 aliphatic rings. The molecule has 1 aliphatic heterocycles. The number of hydrogen-bond donors (Lipinski definition) is 1. The van der Waals surface area contributed by atoms with Crippen molar-refractivity contribution >= 4 is 0 Å². The Morgan fingerprint density at radius 2 is 2.25 bits per heavy atom. The maximum absolute atomic E-state index is 5.55. The standard InChI is InChI=1S/C11H17N3O2/c12-7-10-1-4-13-11(14-10)16-8-9-2-5-15-6-3-9/h1,4,9H,2-3,5-8,12H2. The van der Waals surface area contributed by atoms with Crippen molar-refractivity contribution < 1.29 is 9.47 Å². The highest BCUT2D eigenvalue weighted by Crippen LogP contribution is 2.15. The third-order valence-corrected chi connectivity index (χ3v) is 2.69. The van der Waals surface area contributed by atoms with E-state index in [2.05, 4.69) is 9.97 Å². The van der Waals surface area contributed by atoms with E-state index in [4.69, 9.17) is 15.2 Å². The van der Waals surface area contributed by atoms with Crippen LogP contribution >= 0.6 is 0 Å². The maximum Gasteiger partial charge on any atom is 0.316 e. The highest BCUT2D eigenvalue weighted by atomic mass is 16.5. The third kappa shape index (κ3) is 3.15. The zero-order chi connectivity index (χ0) is 11.2. The van der Waals surface area contributed by atoms with Crippen molar-refractivity contribution in [2.45, 2.75) is 19.4 Å². The van der Waals surface area contributed by atoms with E-state index in [1.807, 2.05) is 0 Å². The molecular weight excluding hydrogens is 206 g/mol. The van der Waals surface area contributed by atoms with Crippen molar-refractivity contribution in [2.24, 2.45) is 11.7 Å². The minimum Gasteiger partial charge on any atom is -0.463 e. The Labute approximate surface area is 95.0 Å². The summed E-state index contributed by atoms with van der Waals surface area (Å²) in [5.74, 6) is 0.555. The van der Waals surface area contributed by atoms with Crippen LogP contribution in [0.25, 0.3) is 0 Å². The summed E-state index contributed by atoms with van der Waals surface area (Å²) in [7, 11) is 0. The van der Waals surface area contributed by atoms with Crippen LogP contribution in [0, 0.1) is 5.92 Å². The predicted octanol–water partition coefficient (Wildman–Crippen LogP) is 0.741. The number of rotatable bonds is 4. The summed E-state index contributed by atoms with van der Waals surface area (Å²) in [5.41, 5.74) is 6.30. The molecule has 0 aromatic carbocycles. The largest absolute Gasteiger partial charge is 0.463 e. The number of hydrogen-bond acceptors (Lipinski definition) is 5. The van der Waals surface area contributed by atoms with E-state index in [1.165, 1.54) is 0 Å². The van der Waals surface area contributed by atoms with Gasteiger partial charge in [0.05, 0.1) is 12.3 Å². The van der Waals surface area contributed by atoms with Crippen LogP contribution in [-0.4, -0.2) is 29.8 Å². The van der Waals surface area contributed by atoms with E-state index in [1.54, 1.807) is 12.3 Å². The number of nitrogens with two attached hydrogens (primary N) is 1. The van der Waals surface area contributed by atoms with Gasteiger partial charge in [-0.1, -0.05) is 0 Å². The fourth-order valence-corrected chi connectivity index (χ4v) is 1.66. The van der Waals surface area contributed by atoms with Crippen LogP contribution in [-0.2, 0) is 11.3 Å². The highest BCUT2D eigenvalue weighted by Gasteiger charge is 2.14. The van der Waals surface area contributed by atoms with Crippen LogP contribution in [0.3, 0.4) is 0 Å². The van der Waals surface area contributed by atoms with Crippen molar-refractivity contribution in [3.05, 3.63) is 18.0 Å². The molecule has 1 aromatic rings. The Hall–Kier alpha value is -1.20. The quantitative estimate of drug-likeness (QED) is 0.815. The molecule has 5 nitrogen and oxygen atoms in total. The summed E-state index contributed by atoms with van der Waals surface area (Å²) in [4.78, 5) is 8.24. The van der Waals surface area contributed by atoms with Crippen molar-refractivity contribution in [3.63, 3.8) is 0 Å². The molecule has 0 aliphatic carbocycles. The van der Waals surface area contributed by atoms with E-state index in [0.29, 0.717) is 25.1 Å². The van der Waals surface area contributed by atoms with E-state index < -0.39 is 0 Å². The summed E-state index contributed by atoms with van der Waals surface area (Å²) in [6.07, 6.45) is 3.78. The summed E-state index contributed by atoms with van der Waals surface area (Å²) in [5, 5.41) is 0. The zero-order valence-corrected chi connectivity index (χ0v) is 9.26. The predicted molar refractivity (Wildman–Crippen MR) is 59.0 cm³/mol. The van der Waals surface area contributed by atoms with E-state index in [-0.39, 0.29) is 0 Å². The molecule has 0 unspecified atom stereocenters. The van der Waals surface area contributed by atoms with Crippen molar-refractivity contribution in [1.29, 1.82) is 0 Å². The van der Waals surface area contributed by atoms with E-state index in [0.717, 1.165) is 31.7 Å². The first-order chi connectivity index (χ1) is 7.88. The third-order valence-electron chi connectivity index (χ3n) is 2.69. The average molecular weight is 223 g/mol. The molecule has 1 aromatic heterocycles. The van der Waals surface area contributed by atoms with Crippen LogP contribution in [0.2, 0.25) is 0 Å². The van der Waals surface area contributed by atoms with Gasteiger partial charge in [-0.3, -0.25) is 0 Å². The molecular formula is C11H17N3O2. The Bertz CT molecular complexity index is 327. The van der Waals surface area contributed by atoms with Gasteiger partial charge in [-0.2, -0.15) is 4.98 Å². The molecule has 0 spiro atoms. The Morgan fingerprint density at radius 3 is 3.00 bits per heavy atom. The van der Waals surface area contributed by atoms with Gasteiger partial charge in [0.25, 0.3) is 0 Å². The molecule has 2 rings (SSSR count). The molecule has 0 atom stereocenters. The lowest BCUT2D eigenvalue weighted by Gasteiger charge is -2.21. The summed E-state index contributed by atoms with van der Waals surface area (Å²) >= 11 is 0. The second-order valence-corrected chi connectivity index (χ2v) is 3.90. The molecule has 1 fully saturated rings. The van der Waals surface area contributed by atoms with Gasteiger partial charge >= 0.3 is 6.01 Å². The zero-order valence-electron chi connectivity index (χ0n) is 9.26. The van der Waals surface area contributed by atoms with Gasteiger partial charge in [0.2, 0.25) is 0 Å². The van der Waals surface area contributed by atoms with Crippen LogP contribution in [0.5, 0.6) is 6.01 Å². The van der Waals surface area contributed by atoms with Gasteiger partial charge in [-0.05, 0) is 24.8 Å². The fourth-order valence-electron chi connectivity index (χ4n) is 1.66. The first kappa shape index (κ1) is 11.3. The topological polar surface area (TPSA) is 70.3 Å². The minimum atomic E-state index is 0.413. The van der Waals surface area contributed by atoms with Crippen molar-refractivity contribution in [2.75, 3.05) is 19.8 Å². The van der Waals surface area contributed by atoms with Gasteiger partial charge in [-0.25, -0.2) is 4.98 Å². The van der Waals surface area contributed by atoms with Gasteiger partial charge in [0, 0.05) is 26.0 Å². The smallest absolute Gasteiger partial charge is 0.316 e. The normalized spacial score (nSPS) is 17.3. The van der Waals surface area contributed by atoms with Crippen LogP contribution in [0.15, 0.2) is 12.3 Å². The minimum absolute atomic E-state index is 0.413. The number of aromatic nitrogens is 2. The Morgan fingerprint density at radius 1 is 1.44 bits per heavy atom. The van der Waals surface area contributed by atoms with Gasteiger partial charge in [0.15, 0.2) is 0 Å². The number of ether oxygens (including phenoxy) is 2. The molecule has 5 heteroatoms. The highest BCUT2D eigenvalue weighted by molar-refractivity contribution is 5.04.